The maximum absolute atomic E-state index is 5.50. The average molecular weight is 309 g/mol. The summed E-state index contributed by atoms with van der Waals surface area (Å²) >= 11 is 3.96. The molecule has 0 bridgehead atoms. The molecule has 0 spiro atoms. The Bertz CT molecular complexity index is 452. The van der Waals surface area contributed by atoms with Crippen LogP contribution in [0, 0.1) is 11.3 Å². The van der Waals surface area contributed by atoms with Gasteiger partial charge in [0.25, 0.3) is 0 Å². The van der Waals surface area contributed by atoms with Crippen molar-refractivity contribution in [2.24, 2.45) is 11.3 Å². The zero-order valence-electron chi connectivity index (χ0n) is 11.2. The standard InChI is InChI=1S/C16H21BrO/c1-16(2)7-3-4-14(16)15(17)11-5-6-12-9-18-10-13(12)8-11/h5-6,8,14-15H,3-4,7,9-10H2,1-2H3. The second-order valence-corrected chi connectivity index (χ2v) is 7.40. The highest BCUT2D eigenvalue weighted by molar-refractivity contribution is 9.09. The molecule has 1 heterocycles. The van der Waals surface area contributed by atoms with Gasteiger partial charge in [-0.2, -0.15) is 0 Å². The Morgan fingerprint density at radius 3 is 2.78 bits per heavy atom. The maximum atomic E-state index is 5.50. The molecule has 0 radical (unpaired) electrons. The first-order valence-electron chi connectivity index (χ1n) is 6.91. The van der Waals surface area contributed by atoms with Crippen LogP contribution in [0.2, 0.25) is 0 Å². The Morgan fingerprint density at radius 2 is 2.06 bits per heavy atom. The lowest BCUT2D eigenvalue weighted by Crippen LogP contribution is -2.21. The minimum absolute atomic E-state index is 0.462. The van der Waals surface area contributed by atoms with Gasteiger partial charge in [0.2, 0.25) is 0 Å². The summed E-state index contributed by atoms with van der Waals surface area (Å²) in [6.45, 7) is 6.40. The van der Waals surface area contributed by atoms with Crippen molar-refractivity contribution in [2.75, 3.05) is 0 Å². The predicted octanol–water partition coefficient (Wildman–Crippen LogP) is 4.98. The van der Waals surface area contributed by atoms with Crippen LogP contribution in [0.5, 0.6) is 0 Å². The first kappa shape index (κ1) is 12.7. The lowest BCUT2D eigenvalue weighted by molar-refractivity contribution is 0.134. The van der Waals surface area contributed by atoms with E-state index in [0.717, 1.165) is 19.1 Å². The van der Waals surface area contributed by atoms with Crippen LogP contribution in [-0.4, -0.2) is 0 Å². The Morgan fingerprint density at radius 1 is 1.28 bits per heavy atom. The van der Waals surface area contributed by atoms with Crippen LogP contribution in [0.1, 0.15) is 54.6 Å². The highest BCUT2D eigenvalue weighted by Gasteiger charge is 2.39. The van der Waals surface area contributed by atoms with Crippen molar-refractivity contribution < 1.29 is 4.74 Å². The molecule has 1 aliphatic heterocycles. The number of rotatable bonds is 2. The summed E-state index contributed by atoms with van der Waals surface area (Å²) in [7, 11) is 0. The molecule has 1 saturated carbocycles. The van der Waals surface area contributed by atoms with Crippen LogP contribution in [0.3, 0.4) is 0 Å². The molecule has 18 heavy (non-hydrogen) atoms. The van der Waals surface area contributed by atoms with E-state index >= 15 is 0 Å². The molecular weight excluding hydrogens is 288 g/mol. The van der Waals surface area contributed by atoms with Crippen molar-refractivity contribution >= 4 is 15.9 Å². The van der Waals surface area contributed by atoms with Crippen molar-refractivity contribution in [3.63, 3.8) is 0 Å². The quantitative estimate of drug-likeness (QED) is 0.700. The number of benzene rings is 1. The van der Waals surface area contributed by atoms with Crippen molar-refractivity contribution in [3.05, 3.63) is 34.9 Å². The number of fused-ring (bicyclic) bond motifs is 1. The Hall–Kier alpha value is -0.340. The SMILES string of the molecule is CC1(C)CCCC1C(Br)c1ccc2c(c1)COC2. The Balaban J connectivity index is 1.86. The molecule has 2 unspecified atom stereocenters. The monoisotopic (exact) mass is 308 g/mol. The Labute approximate surface area is 118 Å². The molecule has 1 aromatic carbocycles. The minimum atomic E-state index is 0.462. The largest absolute Gasteiger partial charge is 0.372 e. The number of alkyl halides is 1. The molecule has 0 aromatic heterocycles. The van der Waals surface area contributed by atoms with Gasteiger partial charge in [-0.1, -0.05) is 54.4 Å². The van der Waals surface area contributed by atoms with Crippen LogP contribution in [-0.2, 0) is 18.0 Å². The van der Waals surface area contributed by atoms with Gasteiger partial charge < -0.3 is 4.74 Å². The van der Waals surface area contributed by atoms with E-state index in [4.69, 9.17) is 4.74 Å². The smallest absolute Gasteiger partial charge is 0.0725 e. The molecule has 2 heteroatoms. The van der Waals surface area contributed by atoms with E-state index < -0.39 is 0 Å². The van der Waals surface area contributed by atoms with Gasteiger partial charge in [-0.3, -0.25) is 0 Å². The normalized spacial score (nSPS) is 27.2. The van der Waals surface area contributed by atoms with Gasteiger partial charge >= 0.3 is 0 Å². The van der Waals surface area contributed by atoms with Gasteiger partial charge in [0, 0.05) is 4.83 Å². The van der Waals surface area contributed by atoms with E-state index in [0.29, 0.717) is 10.2 Å². The van der Waals surface area contributed by atoms with E-state index in [1.54, 1.807) is 0 Å². The first-order chi connectivity index (χ1) is 8.58. The molecule has 0 N–H and O–H groups in total. The summed E-state index contributed by atoms with van der Waals surface area (Å²) in [5, 5.41) is 0. The van der Waals surface area contributed by atoms with Crippen molar-refractivity contribution in [1.82, 2.24) is 0 Å². The number of halogens is 1. The summed E-state index contributed by atoms with van der Waals surface area (Å²) in [5.74, 6) is 0.748. The molecule has 3 rings (SSSR count). The van der Waals surface area contributed by atoms with Gasteiger partial charge in [0.1, 0.15) is 0 Å². The van der Waals surface area contributed by atoms with E-state index in [1.165, 1.54) is 36.0 Å². The lowest BCUT2D eigenvalue weighted by Gasteiger charge is -2.31. The summed E-state index contributed by atoms with van der Waals surface area (Å²) in [6, 6.07) is 6.87. The third-order valence-electron chi connectivity index (χ3n) is 4.76. The summed E-state index contributed by atoms with van der Waals surface area (Å²) in [5.41, 5.74) is 4.64. The molecule has 98 valence electrons. The van der Waals surface area contributed by atoms with E-state index in [9.17, 15) is 0 Å². The molecule has 1 aromatic rings. The zero-order valence-corrected chi connectivity index (χ0v) is 12.8. The van der Waals surface area contributed by atoms with E-state index in [-0.39, 0.29) is 0 Å². The molecule has 1 fully saturated rings. The van der Waals surface area contributed by atoms with Crippen molar-refractivity contribution in [2.45, 2.75) is 51.2 Å². The molecule has 2 atom stereocenters. The van der Waals surface area contributed by atoms with Crippen molar-refractivity contribution in [3.8, 4) is 0 Å². The first-order valence-corrected chi connectivity index (χ1v) is 7.83. The third kappa shape index (κ3) is 2.14. The Kier molecular flexibility index (Phi) is 3.27. The van der Waals surface area contributed by atoms with Gasteiger partial charge in [-0.05, 0) is 40.9 Å². The highest BCUT2D eigenvalue weighted by atomic mass is 79.9. The number of hydrogen-bond acceptors (Lipinski definition) is 1. The molecule has 2 aliphatic rings. The third-order valence-corrected chi connectivity index (χ3v) is 5.92. The van der Waals surface area contributed by atoms with Gasteiger partial charge in [-0.25, -0.2) is 0 Å². The van der Waals surface area contributed by atoms with Crippen LogP contribution >= 0.6 is 15.9 Å². The summed E-state index contributed by atoms with van der Waals surface area (Å²) in [4.78, 5) is 0.487. The van der Waals surface area contributed by atoms with Crippen LogP contribution in [0.15, 0.2) is 18.2 Å². The molecule has 1 aliphatic carbocycles. The number of hydrogen-bond donors (Lipinski definition) is 0. The summed E-state index contributed by atoms with van der Waals surface area (Å²) in [6.07, 6.45) is 4.07. The fourth-order valence-electron chi connectivity index (χ4n) is 3.49. The van der Waals surface area contributed by atoms with Crippen molar-refractivity contribution in [1.29, 1.82) is 0 Å². The fraction of sp³-hybridized carbons (Fsp3) is 0.625. The molecule has 0 saturated heterocycles. The van der Waals surface area contributed by atoms with Gasteiger partial charge in [0.05, 0.1) is 13.2 Å². The minimum Gasteiger partial charge on any atom is -0.372 e. The van der Waals surface area contributed by atoms with Crippen LogP contribution in [0.4, 0.5) is 0 Å². The van der Waals surface area contributed by atoms with Gasteiger partial charge in [-0.15, -0.1) is 0 Å². The fourth-order valence-corrected chi connectivity index (χ4v) is 4.76. The highest BCUT2D eigenvalue weighted by Crippen LogP contribution is 2.52. The number of ether oxygens (including phenoxy) is 1. The lowest BCUT2D eigenvalue weighted by atomic mass is 9.78. The molecule has 0 amide bonds. The zero-order chi connectivity index (χ0) is 12.8. The second kappa shape index (κ2) is 4.64. The molecular formula is C16H21BrO. The van der Waals surface area contributed by atoms with Crippen LogP contribution in [0.25, 0.3) is 0 Å². The van der Waals surface area contributed by atoms with E-state index in [1.807, 2.05) is 0 Å². The predicted molar refractivity (Wildman–Crippen MR) is 77.7 cm³/mol. The average Bonchev–Trinajstić information content (AvgIpc) is 2.92. The topological polar surface area (TPSA) is 9.23 Å². The van der Waals surface area contributed by atoms with E-state index in [2.05, 4.69) is 48.0 Å². The molecule has 1 nitrogen and oxygen atoms in total. The summed E-state index contributed by atoms with van der Waals surface area (Å²) < 4.78 is 5.50. The maximum Gasteiger partial charge on any atom is 0.0725 e. The van der Waals surface area contributed by atoms with Crippen LogP contribution < -0.4 is 0 Å². The van der Waals surface area contributed by atoms with Gasteiger partial charge in [0.15, 0.2) is 0 Å². The second-order valence-electron chi connectivity index (χ2n) is 6.41.